The van der Waals surface area contributed by atoms with E-state index in [0.717, 1.165) is 0 Å². The van der Waals surface area contributed by atoms with Gasteiger partial charge in [-0.1, -0.05) is 20.8 Å². The predicted octanol–water partition coefficient (Wildman–Crippen LogP) is 2.69. The van der Waals surface area contributed by atoms with Crippen LogP contribution in [0, 0.1) is 18.2 Å². The van der Waals surface area contributed by atoms with Gasteiger partial charge in [0.1, 0.15) is 5.82 Å². The van der Waals surface area contributed by atoms with Crippen LogP contribution in [-0.4, -0.2) is 11.8 Å². The number of carbonyl (C=O) groups is 1. The average Bonchev–Trinajstić information content (AvgIpc) is 2.18. The zero-order valence-corrected chi connectivity index (χ0v) is 10.2. The van der Waals surface area contributed by atoms with E-state index in [-0.39, 0.29) is 17.0 Å². The second-order valence-corrected chi connectivity index (χ2v) is 5.17. The van der Waals surface area contributed by atoms with Gasteiger partial charge in [-0.15, -0.1) is 0 Å². The van der Waals surface area contributed by atoms with Gasteiger partial charge < -0.3 is 5.73 Å². The lowest BCUT2D eigenvalue weighted by molar-refractivity contribution is 0.0901. The maximum Gasteiger partial charge on any atom is 0.180 e. The quantitative estimate of drug-likeness (QED) is 0.783. The Morgan fingerprint density at radius 1 is 1.38 bits per heavy atom. The smallest absolute Gasteiger partial charge is 0.180 e. The lowest BCUT2D eigenvalue weighted by Gasteiger charge is -2.25. The molecule has 0 amide bonds. The van der Waals surface area contributed by atoms with Gasteiger partial charge in [0.2, 0.25) is 0 Å². The van der Waals surface area contributed by atoms with Crippen LogP contribution < -0.4 is 5.73 Å². The van der Waals surface area contributed by atoms with E-state index >= 15 is 0 Å². The van der Waals surface area contributed by atoms with Gasteiger partial charge in [-0.2, -0.15) is 0 Å². The monoisotopic (exact) mass is 223 g/mol. The summed E-state index contributed by atoms with van der Waals surface area (Å²) >= 11 is 0. The van der Waals surface area contributed by atoms with Gasteiger partial charge in [0, 0.05) is 5.56 Å². The molecule has 1 rings (SSSR count). The molecule has 0 saturated heterocycles. The number of carbonyl (C=O) groups excluding carboxylic acids is 1. The molecule has 0 aliphatic carbocycles. The van der Waals surface area contributed by atoms with Crippen molar-refractivity contribution < 1.29 is 9.18 Å². The van der Waals surface area contributed by atoms with Crippen LogP contribution in [0.5, 0.6) is 0 Å². The largest absolute Gasteiger partial charge is 0.321 e. The SMILES string of the molecule is Cc1cc(C(=O)C(N)C(C)(C)C)ccc1F. The van der Waals surface area contributed by atoms with Crippen molar-refractivity contribution in [2.24, 2.45) is 11.1 Å². The summed E-state index contributed by atoms with van der Waals surface area (Å²) in [7, 11) is 0. The fourth-order valence-corrected chi connectivity index (χ4v) is 1.37. The zero-order chi connectivity index (χ0) is 12.5. The lowest BCUT2D eigenvalue weighted by atomic mass is 9.83. The molecule has 2 N–H and O–H groups in total. The Morgan fingerprint density at radius 3 is 2.38 bits per heavy atom. The van der Waals surface area contributed by atoms with Crippen LogP contribution >= 0.6 is 0 Å². The molecule has 1 aromatic rings. The third-order valence-electron chi connectivity index (χ3n) is 2.66. The minimum absolute atomic E-state index is 0.143. The van der Waals surface area contributed by atoms with Crippen molar-refractivity contribution >= 4 is 5.78 Å². The number of hydrogen-bond acceptors (Lipinski definition) is 2. The summed E-state index contributed by atoms with van der Waals surface area (Å²) in [5.41, 5.74) is 6.52. The van der Waals surface area contributed by atoms with Crippen LogP contribution in [0.1, 0.15) is 36.7 Å². The van der Waals surface area contributed by atoms with Crippen molar-refractivity contribution in [1.29, 1.82) is 0 Å². The summed E-state index contributed by atoms with van der Waals surface area (Å²) < 4.78 is 13.1. The molecule has 0 saturated carbocycles. The number of ketones is 1. The summed E-state index contributed by atoms with van der Waals surface area (Å²) in [5, 5.41) is 0. The molecule has 0 radical (unpaired) electrons. The van der Waals surface area contributed by atoms with Crippen LogP contribution in [0.3, 0.4) is 0 Å². The van der Waals surface area contributed by atoms with Crippen molar-refractivity contribution in [3.05, 3.63) is 35.1 Å². The van der Waals surface area contributed by atoms with E-state index in [1.165, 1.54) is 12.1 Å². The molecule has 3 heteroatoms. The van der Waals surface area contributed by atoms with Crippen molar-refractivity contribution in [2.45, 2.75) is 33.7 Å². The molecule has 88 valence electrons. The summed E-state index contributed by atoms with van der Waals surface area (Å²) in [5.74, 6) is -0.448. The summed E-state index contributed by atoms with van der Waals surface area (Å²) in [6, 6.07) is 3.76. The molecule has 2 nitrogen and oxygen atoms in total. The highest BCUT2D eigenvalue weighted by Crippen LogP contribution is 2.21. The fraction of sp³-hybridized carbons (Fsp3) is 0.462. The Labute approximate surface area is 95.7 Å². The van der Waals surface area contributed by atoms with E-state index in [1.807, 2.05) is 20.8 Å². The molecule has 0 aliphatic rings. The third-order valence-corrected chi connectivity index (χ3v) is 2.66. The van der Waals surface area contributed by atoms with Gasteiger partial charge in [0.25, 0.3) is 0 Å². The minimum Gasteiger partial charge on any atom is -0.321 e. The Morgan fingerprint density at radius 2 is 1.94 bits per heavy atom. The second-order valence-electron chi connectivity index (χ2n) is 5.17. The highest BCUT2D eigenvalue weighted by molar-refractivity contribution is 6.00. The molecule has 1 unspecified atom stereocenters. The van der Waals surface area contributed by atoms with Crippen molar-refractivity contribution in [3.8, 4) is 0 Å². The van der Waals surface area contributed by atoms with Crippen molar-refractivity contribution in [3.63, 3.8) is 0 Å². The maximum absolute atomic E-state index is 13.1. The van der Waals surface area contributed by atoms with E-state index < -0.39 is 6.04 Å². The van der Waals surface area contributed by atoms with Gasteiger partial charge >= 0.3 is 0 Å². The third kappa shape index (κ3) is 2.67. The lowest BCUT2D eigenvalue weighted by Crippen LogP contribution is -2.42. The molecular weight excluding hydrogens is 205 g/mol. The molecule has 1 atom stereocenters. The van der Waals surface area contributed by atoms with Crippen LogP contribution in [0.15, 0.2) is 18.2 Å². The fourth-order valence-electron chi connectivity index (χ4n) is 1.37. The molecule has 0 aromatic heterocycles. The molecule has 0 spiro atoms. The van der Waals surface area contributed by atoms with Gasteiger partial charge in [-0.05, 0) is 36.1 Å². The molecule has 1 aromatic carbocycles. The number of nitrogens with two attached hydrogens (primary N) is 1. The predicted molar refractivity (Wildman–Crippen MR) is 62.9 cm³/mol. The second kappa shape index (κ2) is 4.34. The van der Waals surface area contributed by atoms with Crippen molar-refractivity contribution in [1.82, 2.24) is 0 Å². The Hall–Kier alpha value is -1.22. The maximum atomic E-state index is 13.1. The first kappa shape index (κ1) is 12.8. The Balaban J connectivity index is 3.02. The van der Waals surface area contributed by atoms with Gasteiger partial charge in [0.15, 0.2) is 5.78 Å². The van der Waals surface area contributed by atoms with Crippen LogP contribution in [0.25, 0.3) is 0 Å². The van der Waals surface area contributed by atoms with E-state index in [0.29, 0.717) is 11.1 Å². The normalized spacial score (nSPS) is 13.6. The number of benzene rings is 1. The van der Waals surface area contributed by atoms with Gasteiger partial charge in [0.05, 0.1) is 6.04 Å². The molecule has 16 heavy (non-hydrogen) atoms. The Bertz CT molecular complexity index is 407. The molecule has 0 aliphatic heterocycles. The summed E-state index contributed by atoms with van der Waals surface area (Å²) in [6.07, 6.45) is 0. The first-order valence-electron chi connectivity index (χ1n) is 5.29. The van der Waals surface area contributed by atoms with Gasteiger partial charge in [-0.25, -0.2) is 4.39 Å². The number of rotatable bonds is 2. The van der Waals surface area contributed by atoms with Crippen LogP contribution in [0.2, 0.25) is 0 Å². The number of Topliss-reactive ketones (excluding diaryl/α,β-unsaturated/α-hetero) is 1. The number of hydrogen-bond donors (Lipinski definition) is 1. The van der Waals surface area contributed by atoms with Crippen LogP contribution in [0.4, 0.5) is 4.39 Å². The summed E-state index contributed by atoms with van der Waals surface area (Å²) in [4.78, 5) is 12.0. The number of halogens is 1. The standard InChI is InChI=1S/C13H18FNO/c1-8-7-9(5-6-10(8)14)11(16)12(15)13(2,3)4/h5-7,12H,15H2,1-4H3. The average molecular weight is 223 g/mol. The minimum atomic E-state index is -0.572. The molecular formula is C13H18FNO. The number of aryl methyl sites for hydroxylation is 1. The topological polar surface area (TPSA) is 43.1 Å². The van der Waals surface area contributed by atoms with E-state index in [4.69, 9.17) is 5.73 Å². The van der Waals surface area contributed by atoms with E-state index in [9.17, 15) is 9.18 Å². The Kier molecular flexibility index (Phi) is 3.48. The highest BCUT2D eigenvalue weighted by atomic mass is 19.1. The molecule has 0 heterocycles. The van der Waals surface area contributed by atoms with Crippen LogP contribution in [-0.2, 0) is 0 Å². The first-order valence-corrected chi connectivity index (χ1v) is 5.29. The highest BCUT2D eigenvalue weighted by Gasteiger charge is 2.28. The molecule has 0 bridgehead atoms. The zero-order valence-electron chi connectivity index (χ0n) is 10.2. The van der Waals surface area contributed by atoms with E-state index in [1.54, 1.807) is 13.0 Å². The molecule has 0 fully saturated rings. The first-order chi connectivity index (χ1) is 7.23. The van der Waals surface area contributed by atoms with Crippen molar-refractivity contribution in [2.75, 3.05) is 0 Å². The van der Waals surface area contributed by atoms with Gasteiger partial charge in [-0.3, -0.25) is 4.79 Å². The van der Waals surface area contributed by atoms with E-state index in [2.05, 4.69) is 0 Å². The summed E-state index contributed by atoms with van der Waals surface area (Å²) in [6.45, 7) is 7.36.